The Kier molecular flexibility index (Phi) is 3.88. The molecular weight excluding hydrogens is 297 g/mol. The van der Waals surface area contributed by atoms with Crippen molar-refractivity contribution in [2.24, 2.45) is 0 Å². The second-order valence-corrected chi connectivity index (χ2v) is 3.94. The first-order valence-corrected chi connectivity index (χ1v) is 5.45. The third kappa shape index (κ3) is 3.33. The highest BCUT2D eigenvalue weighted by atomic mass is 19.4. The van der Waals surface area contributed by atoms with E-state index in [4.69, 9.17) is 4.74 Å². The van der Waals surface area contributed by atoms with Crippen LogP contribution in [0.25, 0.3) is 0 Å². The first-order chi connectivity index (χ1) is 9.81. The van der Waals surface area contributed by atoms with Crippen LogP contribution in [0.15, 0.2) is 30.6 Å². The van der Waals surface area contributed by atoms with Crippen LogP contribution in [0.4, 0.5) is 22.0 Å². The lowest BCUT2D eigenvalue weighted by Crippen LogP contribution is -2.05. The van der Waals surface area contributed by atoms with Crippen LogP contribution in [0.2, 0.25) is 0 Å². The smallest absolute Gasteiger partial charge is 0.418 e. The number of nitrogens with zero attached hydrogens (tertiary/aromatic N) is 1. The van der Waals surface area contributed by atoms with E-state index in [0.29, 0.717) is 24.4 Å². The normalized spacial score (nSPS) is 11.3. The molecule has 0 saturated carbocycles. The van der Waals surface area contributed by atoms with Crippen LogP contribution in [0.3, 0.4) is 0 Å². The van der Waals surface area contributed by atoms with Crippen LogP contribution >= 0.6 is 0 Å². The van der Waals surface area contributed by atoms with Gasteiger partial charge in [0.2, 0.25) is 0 Å². The molecule has 1 aromatic carbocycles. The maximum absolute atomic E-state index is 13.6. The fraction of sp³-hybridized carbons (Fsp3) is 0.0769. The number of hydrogen-bond donors (Lipinski definition) is 0. The van der Waals surface area contributed by atoms with Gasteiger partial charge in [0.15, 0.2) is 17.4 Å². The summed E-state index contributed by atoms with van der Waals surface area (Å²) in [6.07, 6.45) is -3.01. The van der Waals surface area contributed by atoms with Crippen molar-refractivity contribution in [1.82, 2.24) is 4.98 Å². The topological polar surface area (TPSA) is 39.2 Å². The molecule has 0 spiro atoms. The number of aldehydes is 1. The first-order valence-electron chi connectivity index (χ1n) is 5.45. The SMILES string of the molecule is O=Cc1cc(F)c(Oc2cncc(C(F)(F)F)c2)c(F)c1. The molecule has 0 unspecified atom stereocenters. The van der Waals surface area contributed by atoms with Crippen LogP contribution in [-0.4, -0.2) is 11.3 Å². The van der Waals surface area contributed by atoms with Crippen molar-refractivity contribution in [1.29, 1.82) is 0 Å². The summed E-state index contributed by atoms with van der Waals surface area (Å²) in [4.78, 5) is 13.7. The molecule has 0 saturated heterocycles. The molecule has 1 heterocycles. The molecule has 2 aromatic rings. The van der Waals surface area contributed by atoms with E-state index >= 15 is 0 Å². The molecule has 8 heteroatoms. The van der Waals surface area contributed by atoms with Crippen LogP contribution in [0.5, 0.6) is 11.5 Å². The van der Waals surface area contributed by atoms with Gasteiger partial charge in [-0.05, 0) is 18.2 Å². The van der Waals surface area contributed by atoms with Crippen molar-refractivity contribution in [2.75, 3.05) is 0 Å². The highest BCUT2D eigenvalue weighted by Gasteiger charge is 2.31. The lowest BCUT2D eigenvalue weighted by Gasteiger charge is -2.10. The zero-order chi connectivity index (χ0) is 15.6. The quantitative estimate of drug-likeness (QED) is 0.636. The number of alkyl halides is 3. The number of ether oxygens (including phenoxy) is 1. The van der Waals surface area contributed by atoms with Crippen molar-refractivity contribution >= 4 is 6.29 Å². The highest BCUT2D eigenvalue weighted by molar-refractivity contribution is 5.75. The largest absolute Gasteiger partial charge is 0.450 e. The van der Waals surface area contributed by atoms with Gasteiger partial charge in [-0.1, -0.05) is 0 Å². The lowest BCUT2D eigenvalue weighted by molar-refractivity contribution is -0.137. The van der Waals surface area contributed by atoms with E-state index in [0.717, 1.165) is 6.20 Å². The number of halogens is 5. The van der Waals surface area contributed by atoms with Crippen LogP contribution in [0.1, 0.15) is 15.9 Å². The fourth-order valence-electron chi connectivity index (χ4n) is 1.49. The maximum atomic E-state index is 13.6. The van der Waals surface area contributed by atoms with Crippen molar-refractivity contribution in [3.8, 4) is 11.5 Å². The number of hydrogen-bond acceptors (Lipinski definition) is 3. The predicted molar refractivity (Wildman–Crippen MR) is 61.1 cm³/mol. The van der Waals surface area contributed by atoms with Gasteiger partial charge in [-0.2, -0.15) is 13.2 Å². The number of rotatable bonds is 3. The second-order valence-electron chi connectivity index (χ2n) is 3.94. The summed E-state index contributed by atoms with van der Waals surface area (Å²) >= 11 is 0. The Labute approximate surface area is 115 Å². The summed E-state index contributed by atoms with van der Waals surface area (Å²) < 4.78 is 69.3. The Morgan fingerprint density at radius 3 is 2.19 bits per heavy atom. The summed E-state index contributed by atoms with van der Waals surface area (Å²) in [5.74, 6) is -3.83. The van der Waals surface area contributed by atoms with Gasteiger partial charge in [0.05, 0.1) is 11.8 Å². The Morgan fingerprint density at radius 2 is 1.67 bits per heavy atom. The lowest BCUT2D eigenvalue weighted by atomic mass is 10.2. The summed E-state index contributed by atoms with van der Waals surface area (Å²) in [6, 6.07) is 1.96. The summed E-state index contributed by atoms with van der Waals surface area (Å²) in [5.41, 5.74) is -1.38. The molecule has 0 amide bonds. The van der Waals surface area contributed by atoms with E-state index in [-0.39, 0.29) is 11.8 Å². The molecule has 2 rings (SSSR count). The van der Waals surface area contributed by atoms with Gasteiger partial charge in [-0.15, -0.1) is 0 Å². The second kappa shape index (κ2) is 5.47. The minimum absolute atomic E-state index is 0.224. The Hall–Kier alpha value is -2.51. The van der Waals surface area contributed by atoms with Gasteiger partial charge in [0.25, 0.3) is 0 Å². The van der Waals surface area contributed by atoms with Gasteiger partial charge in [-0.3, -0.25) is 9.78 Å². The molecule has 0 aliphatic carbocycles. The van der Waals surface area contributed by atoms with Gasteiger partial charge in [0, 0.05) is 11.8 Å². The average Bonchev–Trinajstić information content (AvgIpc) is 2.42. The van der Waals surface area contributed by atoms with E-state index in [2.05, 4.69) is 4.98 Å². The molecule has 0 aliphatic rings. The van der Waals surface area contributed by atoms with Crippen molar-refractivity contribution in [2.45, 2.75) is 6.18 Å². The standard InChI is InChI=1S/C13H6F5NO2/c14-10-1-7(6-20)2-11(15)12(10)21-9-3-8(4-19-5-9)13(16,17)18/h1-6H. The van der Waals surface area contributed by atoms with Gasteiger partial charge in [0.1, 0.15) is 12.0 Å². The molecule has 0 aliphatic heterocycles. The Balaban J connectivity index is 2.37. The molecule has 21 heavy (non-hydrogen) atoms. The number of benzene rings is 1. The van der Waals surface area contributed by atoms with E-state index < -0.39 is 34.9 Å². The zero-order valence-corrected chi connectivity index (χ0v) is 10.1. The number of carbonyl (C=O) groups is 1. The van der Waals surface area contributed by atoms with Crippen LogP contribution in [0, 0.1) is 11.6 Å². The van der Waals surface area contributed by atoms with Crippen LogP contribution in [-0.2, 0) is 6.18 Å². The summed E-state index contributed by atoms with van der Waals surface area (Å²) in [5, 5.41) is 0. The zero-order valence-electron chi connectivity index (χ0n) is 10.1. The molecule has 0 bridgehead atoms. The van der Waals surface area contributed by atoms with Crippen molar-refractivity contribution in [3.05, 3.63) is 53.4 Å². The molecule has 0 fully saturated rings. The van der Waals surface area contributed by atoms with Gasteiger partial charge < -0.3 is 4.74 Å². The van der Waals surface area contributed by atoms with E-state index in [9.17, 15) is 26.7 Å². The predicted octanol–water partition coefficient (Wildman–Crippen LogP) is 3.98. The third-order valence-corrected chi connectivity index (χ3v) is 2.42. The molecule has 0 radical (unpaired) electrons. The molecule has 0 N–H and O–H groups in total. The molecular formula is C13H6F5NO2. The molecule has 0 atom stereocenters. The average molecular weight is 303 g/mol. The fourth-order valence-corrected chi connectivity index (χ4v) is 1.49. The highest BCUT2D eigenvalue weighted by Crippen LogP contribution is 2.33. The summed E-state index contributed by atoms with van der Waals surface area (Å²) in [7, 11) is 0. The van der Waals surface area contributed by atoms with Crippen LogP contribution < -0.4 is 4.74 Å². The molecule has 110 valence electrons. The van der Waals surface area contributed by atoms with E-state index in [1.54, 1.807) is 0 Å². The van der Waals surface area contributed by atoms with E-state index in [1.807, 2.05) is 0 Å². The number of aromatic nitrogens is 1. The molecule has 1 aromatic heterocycles. The van der Waals surface area contributed by atoms with Gasteiger partial charge >= 0.3 is 6.18 Å². The minimum Gasteiger partial charge on any atom is -0.450 e. The minimum atomic E-state index is -4.66. The van der Waals surface area contributed by atoms with Crippen molar-refractivity contribution < 1.29 is 31.5 Å². The van der Waals surface area contributed by atoms with Crippen molar-refractivity contribution in [3.63, 3.8) is 0 Å². The third-order valence-electron chi connectivity index (χ3n) is 2.42. The maximum Gasteiger partial charge on any atom is 0.418 e. The number of carbonyl (C=O) groups excluding carboxylic acids is 1. The van der Waals surface area contributed by atoms with E-state index in [1.165, 1.54) is 0 Å². The Bertz CT molecular complexity index is 661. The molecule has 3 nitrogen and oxygen atoms in total. The monoisotopic (exact) mass is 303 g/mol. The first kappa shape index (κ1) is 14.9. The number of pyridine rings is 1. The van der Waals surface area contributed by atoms with Gasteiger partial charge in [-0.25, -0.2) is 8.78 Å². The summed E-state index contributed by atoms with van der Waals surface area (Å²) in [6.45, 7) is 0. The Morgan fingerprint density at radius 1 is 1.05 bits per heavy atom.